The van der Waals surface area contributed by atoms with Gasteiger partial charge in [0.15, 0.2) is 0 Å². The average molecular weight is 456 g/mol. The number of imide groups is 1. The SMILES string of the molecule is COc1ccc(NC(=O)CN(C)C(=O)C(CCSC)N2C(=O)c3ccccc3C2=O)cc1. The summed E-state index contributed by atoms with van der Waals surface area (Å²) in [6.07, 6.45) is 2.19. The summed E-state index contributed by atoms with van der Waals surface area (Å²) in [4.78, 5) is 53.7. The Kier molecular flexibility index (Phi) is 7.53. The van der Waals surface area contributed by atoms with E-state index in [0.717, 1.165) is 4.90 Å². The van der Waals surface area contributed by atoms with Crippen molar-refractivity contribution in [1.29, 1.82) is 0 Å². The lowest BCUT2D eigenvalue weighted by Crippen LogP contribution is -2.51. The molecule has 2 aromatic carbocycles. The highest BCUT2D eigenvalue weighted by Gasteiger charge is 2.43. The quantitative estimate of drug-likeness (QED) is 0.584. The number of nitrogens with zero attached hydrogens (tertiary/aromatic N) is 2. The maximum atomic E-state index is 13.2. The topological polar surface area (TPSA) is 96.0 Å². The monoisotopic (exact) mass is 455 g/mol. The minimum Gasteiger partial charge on any atom is -0.497 e. The minimum absolute atomic E-state index is 0.218. The van der Waals surface area contributed by atoms with E-state index in [9.17, 15) is 19.2 Å². The number of likely N-dealkylation sites (N-methyl/N-ethyl adjacent to an activating group) is 1. The maximum Gasteiger partial charge on any atom is 0.262 e. The summed E-state index contributed by atoms with van der Waals surface area (Å²) < 4.78 is 5.09. The number of thioether (sulfide) groups is 1. The van der Waals surface area contributed by atoms with Crippen molar-refractivity contribution in [3.05, 3.63) is 59.7 Å². The number of nitrogens with one attached hydrogen (secondary N) is 1. The Balaban J connectivity index is 1.71. The second-order valence-corrected chi connectivity index (χ2v) is 8.28. The second kappa shape index (κ2) is 10.3. The van der Waals surface area contributed by atoms with Crippen molar-refractivity contribution in [3.8, 4) is 5.75 Å². The van der Waals surface area contributed by atoms with Crippen LogP contribution >= 0.6 is 11.8 Å². The molecule has 0 aliphatic carbocycles. The third kappa shape index (κ3) is 4.94. The van der Waals surface area contributed by atoms with E-state index in [1.807, 2.05) is 6.26 Å². The molecule has 32 heavy (non-hydrogen) atoms. The second-order valence-electron chi connectivity index (χ2n) is 7.29. The number of rotatable bonds is 9. The van der Waals surface area contributed by atoms with Gasteiger partial charge in [0, 0.05) is 12.7 Å². The van der Waals surface area contributed by atoms with Crippen LogP contribution in [-0.2, 0) is 9.59 Å². The molecular weight excluding hydrogens is 430 g/mol. The van der Waals surface area contributed by atoms with Gasteiger partial charge in [-0.2, -0.15) is 11.8 Å². The lowest BCUT2D eigenvalue weighted by Gasteiger charge is -2.29. The Morgan fingerprint density at radius 3 is 2.19 bits per heavy atom. The zero-order valence-corrected chi connectivity index (χ0v) is 19.0. The van der Waals surface area contributed by atoms with E-state index < -0.39 is 29.7 Å². The van der Waals surface area contributed by atoms with Crippen LogP contribution in [0.15, 0.2) is 48.5 Å². The molecule has 2 aromatic rings. The summed E-state index contributed by atoms with van der Waals surface area (Å²) in [5.41, 5.74) is 1.15. The van der Waals surface area contributed by atoms with E-state index in [1.165, 1.54) is 23.7 Å². The summed E-state index contributed by atoms with van der Waals surface area (Å²) in [5.74, 6) is -0.582. The predicted octanol–water partition coefficient (Wildman–Crippen LogP) is 2.51. The van der Waals surface area contributed by atoms with Crippen LogP contribution in [0.3, 0.4) is 0 Å². The first-order valence-electron chi connectivity index (χ1n) is 10.0. The van der Waals surface area contributed by atoms with E-state index in [2.05, 4.69) is 5.32 Å². The van der Waals surface area contributed by atoms with Crippen molar-refractivity contribution in [2.75, 3.05) is 38.0 Å². The molecule has 0 saturated heterocycles. The molecule has 8 nitrogen and oxygen atoms in total. The zero-order chi connectivity index (χ0) is 23.3. The van der Waals surface area contributed by atoms with Crippen molar-refractivity contribution in [3.63, 3.8) is 0 Å². The highest BCUT2D eigenvalue weighted by atomic mass is 32.2. The molecule has 0 radical (unpaired) electrons. The Bertz CT molecular complexity index is 990. The first-order valence-corrected chi connectivity index (χ1v) is 11.4. The van der Waals surface area contributed by atoms with Crippen molar-refractivity contribution in [2.45, 2.75) is 12.5 Å². The molecule has 0 saturated carbocycles. The highest BCUT2D eigenvalue weighted by Crippen LogP contribution is 2.27. The molecule has 1 aliphatic heterocycles. The molecular formula is C23H25N3O5S. The van der Waals surface area contributed by atoms with Gasteiger partial charge in [0.25, 0.3) is 11.8 Å². The number of ether oxygens (including phenoxy) is 1. The van der Waals surface area contributed by atoms with E-state index in [0.29, 0.717) is 34.7 Å². The molecule has 0 bridgehead atoms. The molecule has 168 valence electrons. The van der Waals surface area contributed by atoms with Gasteiger partial charge in [0.05, 0.1) is 24.8 Å². The largest absolute Gasteiger partial charge is 0.497 e. The lowest BCUT2D eigenvalue weighted by atomic mass is 10.1. The summed E-state index contributed by atoms with van der Waals surface area (Å²) in [7, 11) is 3.04. The van der Waals surface area contributed by atoms with E-state index in [1.54, 1.807) is 55.6 Å². The van der Waals surface area contributed by atoms with Gasteiger partial charge in [0.1, 0.15) is 11.8 Å². The number of hydrogen-bond acceptors (Lipinski definition) is 6. The molecule has 1 unspecified atom stereocenters. The van der Waals surface area contributed by atoms with Gasteiger partial charge >= 0.3 is 0 Å². The molecule has 1 N–H and O–H groups in total. The normalized spacial score (nSPS) is 13.5. The standard InChI is InChI=1S/C23H25N3O5S/c1-25(14-20(27)24-15-8-10-16(31-2)11-9-15)23(30)19(12-13-32-3)26-21(28)17-6-4-5-7-18(17)22(26)29/h4-11,19H,12-14H2,1-3H3,(H,24,27). The molecule has 9 heteroatoms. The van der Waals surface area contributed by atoms with Crippen LogP contribution in [0.25, 0.3) is 0 Å². The molecule has 3 rings (SSSR count). The summed E-state index contributed by atoms with van der Waals surface area (Å²) in [6.45, 7) is -0.218. The number of benzene rings is 2. The van der Waals surface area contributed by atoms with Gasteiger partial charge in [-0.15, -0.1) is 0 Å². The number of amides is 4. The first-order chi connectivity index (χ1) is 15.4. The lowest BCUT2D eigenvalue weighted by molar-refractivity contribution is -0.136. The van der Waals surface area contributed by atoms with Crippen LogP contribution in [0.5, 0.6) is 5.75 Å². The number of methoxy groups -OCH3 is 1. The van der Waals surface area contributed by atoms with Gasteiger partial charge in [0.2, 0.25) is 11.8 Å². The fourth-order valence-corrected chi connectivity index (χ4v) is 3.96. The van der Waals surface area contributed by atoms with E-state index in [4.69, 9.17) is 4.74 Å². The fraction of sp³-hybridized carbons (Fsp3) is 0.304. The number of hydrogen-bond donors (Lipinski definition) is 1. The van der Waals surface area contributed by atoms with Crippen LogP contribution in [0, 0.1) is 0 Å². The van der Waals surface area contributed by atoms with Gasteiger partial charge in [-0.3, -0.25) is 24.1 Å². The van der Waals surface area contributed by atoms with Gasteiger partial charge in [-0.05, 0) is 54.8 Å². The molecule has 1 aliphatic rings. The van der Waals surface area contributed by atoms with Crippen LogP contribution in [0.4, 0.5) is 5.69 Å². The third-order valence-electron chi connectivity index (χ3n) is 5.15. The van der Waals surface area contributed by atoms with Crippen molar-refractivity contribution in [2.24, 2.45) is 0 Å². The Hall–Kier alpha value is -3.33. The Labute approximate surface area is 190 Å². The van der Waals surface area contributed by atoms with E-state index >= 15 is 0 Å². The zero-order valence-electron chi connectivity index (χ0n) is 18.2. The molecule has 1 heterocycles. The van der Waals surface area contributed by atoms with Crippen LogP contribution in [0.1, 0.15) is 27.1 Å². The van der Waals surface area contributed by atoms with Crippen molar-refractivity contribution in [1.82, 2.24) is 9.80 Å². The van der Waals surface area contributed by atoms with Crippen molar-refractivity contribution >= 4 is 41.1 Å². The van der Waals surface area contributed by atoms with Crippen LogP contribution in [0.2, 0.25) is 0 Å². The molecule has 1 atom stereocenters. The number of anilines is 1. The van der Waals surface area contributed by atoms with E-state index in [-0.39, 0.29) is 6.54 Å². The number of carbonyl (C=O) groups is 4. The highest BCUT2D eigenvalue weighted by molar-refractivity contribution is 7.98. The maximum absolute atomic E-state index is 13.2. The molecule has 0 spiro atoms. The first kappa shape index (κ1) is 23.3. The summed E-state index contributed by atoms with van der Waals surface area (Å²) in [6, 6.07) is 12.4. The average Bonchev–Trinajstić information content (AvgIpc) is 3.05. The molecule has 0 fully saturated rings. The summed E-state index contributed by atoms with van der Waals surface area (Å²) in [5, 5.41) is 2.72. The summed E-state index contributed by atoms with van der Waals surface area (Å²) >= 11 is 1.51. The predicted molar refractivity (Wildman–Crippen MR) is 123 cm³/mol. The van der Waals surface area contributed by atoms with Gasteiger partial charge < -0.3 is 15.0 Å². The minimum atomic E-state index is -0.978. The van der Waals surface area contributed by atoms with Crippen LogP contribution in [-0.4, -0.2) is 72.2 Å². The Morgan fingerprint density at radius 2 is 1.66 bits per heavy atom. The Morgan fingerprint density at radius 1 is 1.06 bits per heavy atom. The third-order valence-corrected chi connectivity index (χ3v) is 5.79. The molecule has 4 amide bonds. The van der Waals surface area contributed by atoms with Gasteiger partial charge in [-0.25, -0.2) is 0 Å². The van der Waals surface area contributed by atoms with Crippen molar-refractivity contribution < 1.29 is 23.9 Å². The number of carbonyl (C=O) groups excluding carboxylic acids is 4. The number of fused-ring (bicyclic) bond motifs is 1. The smallest absolute Gasteiger partial charge is 0.262 e. The van der Waals surface area contributed by atoms with Crippen LogP contribution < -0.4 is 10.1 Å². The van der Waals surface area contributed by atoms with Gasteiger partial charge in [-0.1, -0.05) is 12.1 Å². The molecule has 0 aromatic heterocycles. The fourth-order valence-electron chi connectivity index (χ4n) is 3.51.